The van der Waals surface area contributed by atoms with Gasteiger partial charge in [0, 0.05) is 5.97 Å². The van der Waals surface area contributed by atoms with Gasteiger partial charge in [-0.25, -0.2) is 9.80 Å². The molecular formula is C24H23N2NaO12. The third kappa shape index (κ3) is 4.67. The number of carbonyl (C=O) groups is 8. The Morgan fingerprint density at radius 3 is 1.46 bits per heavy atom. The average Bonchev–Trinajstić information content (AvgIpc) is 3.22. The minimum absolute atomic E-state index is 0. The minimum atomic E-state index is -1.44. The van der Waals surface area contributed by atoms with Crippen molar-refractivity contribution in [1.82, 2.24) is 9.80 Å². The number of carbonyl (C=O) groups excluding carboxylic acids is 7. The first-order valence-electron chi connectivity index (χ1n) is 12.1. The van der Waals surface area contributed by atoms with Crippen LogP contribution >= 0.6 is 0 Å². The van der Waals surface area contributed by atoms with Crippen molar-refractivity contribution in [2.75, 3.05) is 13.5 Å². The molecule has 2 saturated heterocycles. The van der Waals surface area contributed by atoms with Crippen LogP contribution in [0.3, 0.4) is 0 Å². The van der Waals surface area contributed by atoms with Crippen LogP contribution in [0.25, 0.3) is 0 Å². The Kier molecular flexibility index (Phi) is 8.01. The number of allylic oxidation sites excluding steroid dienone is 2. The van der Waals surface area contributed by atoms with Crippen molar-refractivity contribution in [1.29, 1.82) is 0 Å². The van der Waals surface area contributed by atoms with Gasteiger partial charge in [0.15, 0.2) is 13.5 Å². The van der Waals surface area contributed by atoms with Crippen LogP contribution in [0, 0.1) is 47.3 Å². The number of esters is 2. The van der Waals surface area contributed by atoms with E-state index in [0.717, 1.165) is 9.80 Å². The maximum Gasteiger partial charge on any atom is 1.00 e. The van der Waals surface area contributed by atoms with E-state index >= 15 is 0 Å². The molecule has 1 N–H and O–H groups in total. The summed E-state index contributed by atoms with van der Waals surface area (Å²) >= 11 is 0. The summed E-state index contributed by atoms with van der Waals surface area (Å²) < 4.78 is 9.87. The number of ether oxygens (including phenoxy) is 2. The molecule has 0 aromatic carbocycles. The third-order valence-corrected chi connectivity index (χ3v) is 8.31. The first-order chi connectivity index (χ1) is 18.0. The molecule has 2 bridgehead atoms. The van der Waals surface area contributed by atoms with Gasteiger partial charge in [0.05, 0.1) is 42.9 Å². The van der Waals surface area contributed by atoms with Gasteiger partial charge in [-0.15, -0.1) is 0 Å². The van der Waals surface area contributed by atoms with Crippen LogP contribution in [0.2, 0.25) is 0 Å². The third-order valence-electron chi connectivity index (χ3n) is 8.31. The van der Waals surface area contributed by atoms with E-state index in [1.54, 1.807) is 12.2 Å². The van der Waals surface area contributed by atoms with Gasteiger partial charge in [0.2, 0.25) is 23.6 Å². The number of carboxylic acids is 2. The van der Waals surface area contributed by atoms with Crippen LogP contribution in [0.1, 0.15) is 25.7 Å². The number of rotatable bonds is 10. The Labute approximate surface area is 242 Å². The molecule has 0 aromatic heterocycles. The molecule has 0 radical (unpaired) electrons. The first kappa shape index (κ1) is 28.9. The van der Waals surface area contributed by atoms with E-state index in [4.69, 9.17) is 14.6 Å². The zero-order valence-electron chi connectivity index (χ0n) is 20.8. The summed E-state index contributed by atoms with van der Waals surface area (Å²) in [6.07, 6.45) is 1.68. The predicted molar refractivity (Wildman–Crippen MR) is 114 cm³/mol. The standard InChI is InChI=1S/C24H24N2O12.Na/c27-11(28)3-5-13(31)37-7-25-21(33)17-9-1-2-10(18(17)22(25)34)16-15(9)19-20(16)24(36)26(23(19)35)8-38-14(32)6-4-12(29)30;/h1-2,9-10,15-20H,3-8H2,(H,27,28)(H,29,30);/q;+1/p-1. The number of hydrogen-bond donors (Lipinski definition) is 1. The average molecular weight is 554 g/mol. The number of nitrogens with zero attached hydrogens (tertiary/aromatic N) is 2. The zero-order chi connectivity index (χ0) is 27.5. The minimum Gasteiger partial charge on any atom is -0.550 e. The number of hydrogen-bond acceptors (Lipinski definition) is 11. The van der Waals surface area contributed by atoms with Crippen molar-refractivity contribution in [2.45, 2.75) is 25.7 Å². The molecule has 0 aromatic rings. The summed E-state index contributed by atoms with van der Waals surface area (Å²) in [6.45, 7) is -1.29. The molecular weight excluding hydrogens is 531 g/mol. The van der Waals surface area contributed by atoms with Crippen molar-refractivity contribution in [3.63, 3.8) is 0 Å². The summed E-state index contributed by atoms with van der Waals surface area (Å²) in [5, 5.41) is 19.2. The summed E-state index contributed by atoms with van der Waals surface area (Å²) in [7, 11) is 0. The molecule has 14 nitrogen and oxygen atoms in total. The second-order valence-corrected chi connectivity index (χ2v) is 10.1. The number of carboxylic acid groups (broad SMARTS) is 2. The van der Waals surface area contributed by atoms with Gasteiger partial charge < -0.3 is 24.5 Å². The number of imide groups is 2. The molecule has 4 aliphatic carbocycles. The Bertz CT molecular complexity index is 1140. The molecule has 8 unspecified atom stereocenters. The van der Waals surface area contributed by atoms with Gasteiger partial charge in [-0.3, -0.25) is 33.6 Å². The van der Waals surface area contributed by atoms with Crippen LogP contribution in [-0.4, -0.2) is 75.9 Å². The number of fused-ring (bicyclic) bond motifs is 1. The maximum atomic E-state index is 13.2. The van der Waals surface area contributed by atoms with E-state index < -0.39 is 122 Å². The maximum absolute atomic E-state index is 13.2. The van der Waals surface area contributed by atoms with E-state index in [1.165, 1.54) is 0 Å². The van der Waals surface area contributed by atoms with Crippen LogP contribution < -0.4 is 34.7 Å². The second kappa shape index (κ2) is 10.8. The van der Waals surface area contributed by atoms with Crippen LogP contribution in [0.15, 0.2) is 12.2 Å². The largest absolute Gasteiger partial charge is 1.00 e. The molecule has 2 aliphatic heterocycles. The fourth-order valence-electron chi connectivity index (χ4n) is 6.81. The van der Waals surface area contributed by atoms with Crippen molar-refractivity contribution >= 4 is 47.5 Å². The van der Waals surface area contributed by atoms with Gasteiger partial charge in [-0.2, -0.15) is 0 Å². The van der Waals surface area contributed by atoms with Crippen molar-refractivity contribution < 1.29 is 87.6 Å². The molecule has 4 fully saturated rings. The smallest absolute Gasteiger partial charge is 0.550 e. The Hall–Kier alpha value is -3.10. The Morgan fingerprint density at radius 1 is 0.692 bits per heavy atom. The van der Waals surface area contributed by atoms with Gasteiger partial charge >= 0.3 is 47.5 Å². The SMILES string of the molecule is O=C([O-])CCC(=O)OCN1C(=O)C2C3C=CC(C2C1=O)C1C2C(=O)N(COC(=O)CCC(=O)O)C(=O)C2C31.[Na+]. The molecule has 4 amide bonds. The summed E-state index contributed by atoms with van der Waals surface area (Å²) in [4.78, 5) is 98.9. The summed E-state index contributed by atoms with van der Waals surface area (Å²) in [5.41, 5.74) is 0. The van der Waals surface area contributed by atoms with E-state index in [-0.39, 0.29) is 41.4 Å². The van der Waals surface area contributed by atoms with Gasteiger partial charge in [-0.1, -0.05) is 12.2 Å². The normalized spacial score (nSPS) is 33.1. The fraction of sp³-hybridized carbons (Fsp3) is 0.583. The molecule has 6 aliphatic rings. The first-order valence-corrected chi connectivity index (χ1v) is 12.1. The topological polar surface area (TPSA) is 205 Å². The summed E-state index contributed by atoms with van der Waals surface area (Å²) in [6, 6.07) is 0. The van der Waals surface area contributed by atoms with Crippen LogP contribution in [0.4, 0.5) is 0 Å². The summed E-state index contributed by atoms with van der Waals surface area (Å²) in [5.74, 6) is -11.4. The molecule has 2 heterocycles. The number of likely N-dealkylation sites (tertiary alicyclic amines) is 2. The Balaban J connectivity index is 0.00000353. The quantitative estimate of drug-likeness (QED) is 0.116. The molecule has 8 atom stereocenters. The molecule has 6 rings (SSSR count). The van der Waals surface area contributed by atoms with Crippen molar-refractivity contribution in [2.24, 2.45) is 47.3 Å². The van der Waals surface area contributed by atoms with E-state index in [0.29, 0.717) is 0 Å². The van der Waals surface area contributed by atoms with Gasteiger partial charge in [0.25, 0.3) is 0 Å². The predicted octanol–water partition coefficient (Wildman–Crippen LogP) is -5.35. The molecule has 15 heteroatoms. The second-order valence-electron chi connectivity index (χ2n) is 10.1. The van der Waals surface area contributed by atoms with Crippen molar-refractivity contribution in [3.8, 4) is 0 Å². The van der Waals surface area contributed by atoms with Gasteiger partial charge in [0.1, 0.15) is 0 Å². The monoisotopic (exact) mass is 554 g/mol. The van der Waals surface area contributed by atoms with Crippen LogP contribution in [-0.2, 0) is 47.8 Å². The van der Waals surface area contributed by atoms with E-state index in [2.05, 4.69) is 0 Å². The fourth-order valence-corrected chi connectivity index (χ4v) is 6.81. The van der Waals surface area contributed by atoms with Gasteiger partial charge in [-0.05, 0) is 30.1 Å². The Morgan fingerprint density at radius 2 is 1.08 bits per heavy atom. The molecule has 39 heavy (non-hydrogen) atoms. The van der Waals surface area contributed by atoms with Crippen molar-refractivity contribution in [3.05, 3.63) is 12.2 Å². The molecule has 2 saturated carbocycles. The number of aliphatic carboxylic acids is 2. The molecule has 0 spiro atoms. The zero-order valence-corrected chi connectivity index (χ0v) is 22.8. The van der Waals surface area contributed by atoms with Crippen LogP contribution in [0.5, 0.6) is 0 Å². The molecule has 202 valence electrons. The number of amides is 4. The van der Waals surface area contributed by atoms with E-state index in [9.17, 15) is 43.5 Å². The van der Waals surface area contributed by atoms with E-state index in [1.807, 2.05) is 0 Å².